The summed E-state index contributed by atoms with van der Waals surface area (Å²) in [4.78, 5) is 0.256. The molecule has 0 radical (unpaired) electrons. The molecule has 0 saturated carbocycles. The van der Waals surface area contributed by atoms with Crippen molar-refractivity contribution >= 4 is 15.5 Å². The fourth-order valence-electron chi connectivity index (χ4n) is 1.75. The van der Waals surface area contributed by atoms with E-state index in [0.29, 0.717) is 17.8 Å². The van der Waals surface area contributed by atoms with Gasteiger partial charge in [-0.2, -0.15) is 0 Å². The molecule has 0 aliphatic carbocycles. The van der Waals surface area contributed by atoms with Crippen LogP contribution in [0.15, 0.2) is 23.1 Å². The summed E-state index contributed by atoms with van der Waals surface area (Å²) in [7, 11) is -3.29. The third-order valence-corrected chi connectivity index (χ3v) is 4.94. The van der Waals surface area contributed by atoms with Gasteiger partial charge in [0.1, 0.15) is 0 Å². The minimum atomic E-state index is -3.29. The molecule has 0 aromatic heterocycles. The van der Waals surface area contributed by atoms with Crippen LogP contribution in [0, 0.1) is 0 Å². The average Bonchev–Trinajstić information content (AvgIpc) is 2.23. The molecule has 1 aromatic carbocycles. The highest BCUT2D eigenvalue weighted by molar-refractivity contribution is 7.92. The molecule has 5 heteroatoms. The molecule has 4 nitrogen and oxygen atoms in total. The molecule has 0 fully saturated rings. The zero-order valence-electron chi connectivity index (χ0n) is 8.40. The quantitative estimate of drug-likeness (QED) is 0.743. The summed E-state index contributed by atoms with van der Waals surface area (Å²) in [5.74, 6) is 0. The Morgan fingerprint density at radius 2 is 2.27 bits per heavy atom. The van der Waals surface area contributed by atoms with Gasteiger partial charge in [-0.05, 0) is 18.6 Å². The Balaban J connectivity index is 2.71. The van der Waals surface area contributed by atoms with E-state index in [9.17, 15) is 8.42 Å². The van der Waals surface area contributed by atoms with Crippen LogP contribution in [0.5, 0.6) is 0 Å². The van der Waals surface area contributed by atoms with Crippen LogP contribution in [0.25, 0.3) is 0 Å². The van der Waals surface area contributed by atoms with Crippen molar-refractivity contribution in [2.24, 2.45) is 0 Å². The van der Waals surface area contributed by atoms with Crippen molar-refractivity contribution in [2.75, 3.05) is 11.9 Å². The van der Waals surface area contributed by atoms with E-state index in [2.05, 4.69) is 5.32 Å². The van der Waals surface area contributed by atoms with Gasteiger partial charge < -0.3 is 10.4 Å². The molecule has 0 spiro atoms. The summed E-state index contributed by atoms with van der Waals surface area (Å²) < 4.78 is 24.1. The smallest absolute Gasteiger partial charge is 0.185 e. The minimum Gasteiger partial charge on any atom is -0.392 e. The number of hydrogen-bond donors (Lipinski definition) is 2. The van der Waals surface area contributed by atoms with Gasteiger partial charge in [-0.15, -0.1) is 0 Å². The number of aliphatic hydroxyl groups excluding tert-OH is 1. The maximum Gasteiger partial charge on any atom is 0.185 e. The summed E-state index contributed by atoms with van der Waals surface area (Å²) >= 11 is 0. The molecule has 82 valence electrons. The van der Waals surface area contributed by atoms with Crippen molar-refractivity contribution in [1.82, 2.24) is 0 Å². The number of hydrogen-bond acceptors (Lipinski definition) is 4. The number of sulfone groups is 1. The maximum atomic E-state index is 12.0. The monoisotopic (exact) mass is 227 g/mol. The van der Waals surface area contributed by atoms with E-state index < -0.39 is 15.1 Å². The van der Waals surface area contributed by atoms with E-state index in [0.717, 1.165) is 0 Å². The highest BCUT2D eigenvalue weighted by Gasteiger charge is 2.32. The van der Waals surface area contributed by atoms with Gasteiger partial charge in [0, 0.05) is 6.54 Å². The second-order valence-corrected chi connectivity index (χ2v) is 5.99. The zero-order valence-corrected chi connectivity index (χ0v) is 9.21. The van der Waals surface area contributed by atoms with Crippen LogP contribution in [-0.4, -0.2) is 25.3 Å². The van der Waals surface area contributed by atoms with Crippen LogP contribution in [0.2, 0.25) is 0 Å². The van der Waals surface area contributed by atoms with Gasteiger partial charge >= 0.3 is 0 Å². The molecule has 0 amide bonds. The molecule has 15 heavy (non-hydrogen) atoms. The van der Waals surface area contributed by atoms with E-state index in [1.54, 1.807) is 25.1 Å². The lowest BCUT2D eigenvalue weighted by Crippen LogP contribution is -2.32. The fraction of sp³-hybridized carbons (Fsp3) is 0.400. The minimum absolute atomic E-state index is 0.253. The van der Waals surface area contributed by atoms with E-state index in [4.69, 9.17) is 5.11 Å². The van der Waals surface area contributed by atoms with Crippen LogP contribution in [-0.2, 0) is 16.4 Å². The van der Waals surface area contributed by atoms with Gasteiger partial charge in [0.15, 0.2) is 9.84 Å². The summed E-state index contributed by atoms with van der Waals surface area (Å²) in [6.07, 6.45) is 0. The van der Waals surface area contributed by atoms with Crippen molar-refractivity contribution in [3.63, 3.8) is 0 Å². The molecule has 2 N–H and O–H groups in total. The van der Waals surface area contributed by atoms with E-state index >= 15 is 0 Å². The van der Waals surface area contributed by atoms with Crippen molar-refractivity contribution in [3.8, 4) is 0 Å². The number of fused-ring (bicyclic) bond motifs is 1. The summed E-state index contributed by atoms with van der Waals surface area (Å²) in [5, 5.41) is 11.7. The second-order valence-electron chi connectivity index (χ2n) is 3.69. The van der Waals surface area contributed by atoms with Crippen LogP contribution < -0.4 is 5.32 Å². The molecule has 0 bridgehead atoms. The molecule has 1 heterocycles. The number of anilines is 1. The third-order valence-electron chi connectivity index (χ3n) is 2.66. The van der Waals surface area contributed by atoms with E-state index in [1.165, 1.54) is 0 Å². The Hall–Kier alpha value is -1.07. The molecule has 1 aromatic rings. The lowest BCUT2D eigenvalue weighted by Gasteiger charge is -2.25. The topological polar surface area (TPSA) is 66.4 Å². The molecular weight excluding hydrogens is 214 g/mol. The van der Waals surface area contributed by atoms with Gasteiger partial charge in [-0.3, -0.25) is 0 Å². The zero-order chi connectivity index (χ0) is 11.1. The summed E-state index contributed by atoms with van der Waals surface area (Å²) in [6.45, 7) is 1.83. The Bertz CT molecular complexity index is 467. The number of rotatable bonds is 1. The molecule has 1 aliphatic heterocycles. The lowest BCUT2D eigenvalue weighted by atomic mass is 10.2. The van der Waals surface area contributed by atoms with Crippen LogP contribution >= 0.6 is 0 Å². The lowest BCUT2D eigenvalue weighted by molar-refractivity contribution is 0.278. The molecule has 1 atom stereocenters. The average molecular weight is 227 g/mol. The molecule has 1 aliphatic rings. The van der Waals surface area contributed by atoms with E-state index in [-0.39, 0.29) is 11.5 Å². The van der Waals surface area contributed by atoms with Crippen LogP contribution in [0.1, 0.15) is 12.5 Å². The van der Waals surface area contributed by atoms with E-state index in [1.807, 2.05) is 0 Å². The largest absolute Gasteiger partial charge is 0.392 e. The van der Waals surface area contributed by atoms with Gasteiger partial charge in [0.25, 0.3) is 0 Å². The normalized spacial score (nSPS) is 22.9. The van der Waals surface area contributed by atoms with Gasteiger partial charge in [-0.25, -0.2) is 8.42 Å². The van der Waals surface area contributed by atoms with Crippen molar-refractivity contribution in [2.45, 2.75) is 23.7 Å². The predicted octanol–water partition coefficient (Wildman–Crippen LogP) is 0.767. The number of benzene rings is 1. The molecule has 2 rings (SSSR count). The molecule has 0 saturated heterocycles. The van der Waals surface area contributed by atoms with Gasteiger partial charge in [0.05, 0.1) is 22.4 Å². The van der Waals surface area contributed by atoms with Crippen molar-refractivity contribution < 1.29 is 13.5 Å². The number of aliphatic hydroxyl groups is 1. The summed E-state index contributed by atoms with van der Waals surface area (Å²) in [6, 6.07) is 5.09. The van der Waals surface area contributed by atoms with Crippen LogP contribution in [0.3, 0.4) is 0 Å². The third kappa shape index (κ3) is 1.52. The highest BCUT2D eigenvalue weighted by Crippen LogP contribution is 2.32. The van der Waals surface area contributed by atoms with Crippen molar-refractivity contribution in [3.05, 3.63) is 23.8 Å². The second kappa shape index (κ2) is 3.50. The SMILES string of the molecule is CC1CNc2cccc(CO)c2S1(=O)=O. The Morgan fingerprint density at radius 1 is 1.53 bits per heavy atom. The fourth-order valence-corrected chi connectivity index (χ4v) is 3.40. The first-order valence-electron chi connectivity index (χ1n) is 4.78. The standard InChI is InChI=1S/C10H13NO3S/c1-7-5-11-9-4-2-3-8(6-12)10(9)15(7,13)14/h2-4,7,11-12H,5-6H2,1H3. The first-order chi connectivity index (χ1) is 7.07. The van der Waals surface area contributed by atoms with Crippen molar-refractivity contribution in [1.29, 1.82) is 0 Å². The molecular formula is C10H13NO3S. The predicted molar refractivity (Wildman–Crippen MR) is 57.5 cm³/mol. The number of nitrogens with one attached hydrogen (secondary N) is 1. The molecule has 1 unspecified atom stereocenters. The Labute approximate surface area is 88.9 Å². The maximum absolute atomic E-state index is 12.0. The Morgan fingerprint density at radius 3 is 2.93 bits per heavy atom. The van der Waals surface area contributed by atoms with Gasteiger partial charge in [0.2, 0.25) is 0 Å². The Kier molecular flexibility index (Phi) is 2.44. The first-order valence-corrected chi connectivity index (χ1v) is 6.32. The first kappa shape index (κ1) is 10.4. The van der Waals surface area contributed by atoms with Gasteiger partial charge in [-0.1, -0.05) is 12.1 Å². The highest BCUT2D eigenvalue weighted by atomic mass is 32.2. The van der Waals surface area contributed by atoms with Crippen LogP contribution in [0.4, 0.5) is 5.69 Å². The summed E-state index contributed by atoms with van der Waals surface area (Å²) in [5.41, 5.74) is 1.06.